The van der Waals surface area contributed by atoms with E-state index in [1.54, 1.807) is 0 Å². The average molecular weight is 585 g/mol. The van der Waals surface area contributed by atoms with Crippen LogP contribution in [0.2, 0.25) is 0 Å². The molecule has 0 heterocycles. The summed E-state index contributed by atoms with van der Waals surface area (Å²) in [7, 11) is 0. The van der Waals surface area contributed by atoms with Gasteiger partial charge < -0.3 is 0 Å². The normalized spacial score (nSPS) is 17.1. The van der Waals surface area contributed by atoms with E-state index in [0.29, 0.717) is 0 Å². The molecule has 0 aromatic carbocycles. The number of alkyl halides is 15. The molecule has 0 spiro atoms. The van der Waals surface area contributed by atoms with Gasteiger partial charge >= 0.3 is 182 Å². The number of halogens is 17. The van der Waals surface area contributed by atoms with Crippen molar-refractivity contribution in [1.82, 2.24) is 0 Å². The topological polar surface area (TPSA) is 35.5 Å². The minimum absolute atomic E-state index is 0.215. The Morgan fingerprint density at radius 3 is 1.26 bits per heavy atom. The van der Waals surface area contributed by atoms with Crippen molar-refractivity contribution >= 4 is 12.8 Å². The summed E-state index contributed by atoms with van der Waals surface area (Å²) in [6.45, 7) is -16.2. The molecule has 0 saturated heterocycles. The van der Waals surface area contributed by atoms with Crippen LogP contribution in [0.15, 0.2) is 0 Å². The molecule has 0 aliphatic carbocycles. The van der Waals surface area contributed by atoms with Crippen molar-refractivity contribution in [3.63, 3.8) is 0 Å². The maximum absolute atomic E-state index is 15.2. The second-order valence-corrected chi connectivity index (χ2v) is 11.5. The Labute approximate surface area is 183 Å². The molecule has 0 aliphatic rings. The maximum atomic E-state index is 15.2. The fourth-order valence-corrected chi connectivity index (χ4v) is 6.38. The summed E-state index contributed by atoms with van der Waals surface area (Å²) in [6.07, 6.45) is -29.5. The van der Waals surface area contributed by atoms with Crippen molar-refractivity contribution < 1.29 is 88.3 Å². The third-order valence-electron chi connectivity index (χ3n) is 4.56. The third-order valence-corrected chi connectivity index (χ3v) is 9.73. The first kappa shape index (κ1) is 33.7. The Kier molecular flexibility index (Phi) is 8.56. The molecule has 0 N–H and O–H groups in total. The molecule has 3 nitrogen and oxygen atoms in total. The first-order valence-corrected chi connectivity index (χ1v) is 11.2. The second-order valence-electron chi connectivity index (χ2n) is 6.88. The standard InChI is InChI=1S/C14H15F17O3P/c1-2-33-8(32)6-4-3-5-7-34-35(30,31,12(24,25)9(15,16)17,13(26,27)10(18,19)20)14(28,29)11(21,22)23/h2-7H2,1H3/q-1. The molecular weight excluding hydrogens is 570 g/mol. The molecule has 0 aromatic heterocycles. The van der Waals surface area contributed by atoms with Crippen LogP contribution < -0.4 is 0 Å². The summed E-state index contributed by atoms with van der Waals surface area (Å²) in [5.74, 6) is -1.04. The molecule has 0 aromatic rings. The summed E-state index contributed by atoms with van der Waals surface area (Å²) in [5.41, 5.74) is -28.2. The van der Waals surface area contributed by atoms with Crippen LogP contribution in [0.3, 0.4) is 0 Å². The molecule has 0 fully saturated rings. The van der Waals surface area contributed by atoms with Crippen LogP contribution in [0, 0.1) is 0 Å². The van der Waals surface area contributed by atoms with Crippen molar-refractivity contribution in [3.05, 3.63) is 0 Å². The second kappa shape index (κ2) is 8.90. The minimum atomic E-state index is -14.3. The number of hydrogen-bond donors (Lipinski definition) is 0. The van der Waals surface area contributed by atoms with E-state index < -0.39 is 80.6 Å². The Balaban J connectivity index is 7.12. The van der Waals surface area contributed by atoms with E-state index >= 15 is 8.39 Å². The Morgan fingerprint density at radius 2 is 0.971 bits per heavy atom. The molecule has 0 saturated carbocycles. The average Bonchev–Trinajstić information content (AvgIpc) is 2.62. The van der Waals surface area contributed by atoms with Crippen LogP contribution in [0.1, 0.15) is 32.6 Å². The molecule has 0 aliphatic heterocycles. The summed E-state index contributed by atoms with van der Waals surface area (Å²) in [5, 5.41) is 0. The van der Waals surface area contributed by atoms with Gasteiger partial charge in [0.2, 0.25) is 0 Å². The fourth-order valence-electron chi connectivity index (χ4n) is 2.65. The molecule has 214 valence electrons. The van der Waals surface area contributed by atoms with E-state index in [4.69, 9.17) is 0 Å². The van der Waals surface area contributed by atoms with Crippen LogP contribution in [0.25, 0.3) is 0 Å². The molecular formula is C14H15F17O3P-. The Morgan fingerprint density at radius 1 is 0.629 bits per heavy atom. The number of hydrogen-bond acceptors (Lipinski definition) is 3. The zero-order valence-electron chi connectivity index (χ0n) is 16.8. The van der Waals surface area contributed by atoms with Crippen LogP contribution in [-0.4, -0.2) is 54.7 Å². The van der Waals surface area contributed by atoms with Gasteiger partial charge in [-0.2, -0.15) is 0 Å². The van der Waals surface area contributed by atoms with Gasteiger partial charge in [-0.1, -0.05) is 0 Å². The predicted octanol–water partition coefficient (Wildman–Crippen LogP) is 8.36. The number of carbonyl (C=O) groups is 1. The van der Waals surface area contributed by atoms with Gasteiger partial charge in [-0.15, -0.1) is 0 Å². The van der Waals surface area contributed by atoms with Crippen LogP contribution in [0.4, 0.5) is 74.3 Å². The molecule has 0 bridgehead atoms. The number of rotatable bonds is 11. The van der Waals surface area contributed by atoms with E-state index in [9.17, 15) is 70.7 Å². The van der Waals surface area contributed by atoms with Gasteiger partial charge in [-0.25, -0.2) is 0 Å². The van der Waals surface area contributed by atoms with Crippen molar-refractivity contribution in [1.29, 1.82) is 0 Å². The molecule has 0 atom stereocenters. The molecule has 21 heteroatoms. The van der Waals surface area contributed by atoms with Gasteiger partial charge in [0.25, 0.3) is 0 Å². The van der Waals surface area contributed by atoms with Gasteiger partial charge in [-0.05, 0) is 0 Å². The summed E-state index contributed by atoms with van der Waals surface area (Å²) in [6, 6.07) is 0. The number of unbranched alkanes of at least 4 members (excludes halogenated alkanes) is 2. The first-order chi connectivity index (χ1) is 15.1. The van der Waals surface area contributed by atoms with Crippen LogP contribution in [-0.2, 0) is 14.1 Å². The SMILES string of the molecule is CCOC(=O)CCCCCO[P-](F)(F)(C(F)(F)C(F)(F)F)(C(F)(F)C(F)(F)F)C(F)(F)C(F)(F)F. The number of ether oxygens (including phenoxy) is 1. The quantitative estimate of drug-likeness (QED) is 0.106. The summed E-state index contributed by atoms with van der Waals surface area (Å²) >= 11 is 0. The van der Waals surface area contributed by atoms with Gasteiger partial charge in [0.15, 0.2) is 0 Å². The first-order valence-electron chi connectivity index (χ1n) is 8.82. The predicted molar refractivity (Wildman–Crippen MR) is 83.2 cm³/mol. The molecule has 0 unspecified atom stereocenters. The summed E-state index contributed by atoms with van der Waals surface area (Å²) in [4.78, 5) is 11.0. The van der Waals surface area contributed by atoms with E-state index in [1.807, 2.05) is 0 Å². The van der Waals surface area contributed by atoms with Gasteiger partial charge in [0.1, 0.15) is 0 Å². The molecule has 0 rings (SSSR count). The van der Waals surface area contributed by atoms with E-state index in [0.717, 1.165) is 0 Å². The molecule has 35 heavy (non-hydrogen) atoms. The third kappa shape index (κ3) is 4.19. The Hall–Kier alpha value is -1.33. The van der Waals surface area contributed by atoms with Crippen molar-refractivity contribution in [2.75, 3.05) is 13.2 Å². The zero-order valence-corrected chi connectivity index (χ0v) is 17.7. The molecule has 0 amide bonds. The summed E-state index contributed by atoms with van der Waals surface area (Å²) < 4.78 is 235. The van der Waals surface area contributed by atoms with Crippen LogP contribution in [0.5, 0.6) is 0 Å². The monoisotopic (exact) mass is 585 g/mol. The zero-order chi connectivity index (χ0) is 28.6. The van der Waals surface area contributed by atoms with E-state index in [1.165, 1.54) is 6.92 Å². The van der Waals surface area contributed by atoms with E-state index in [-0.39, 0.29) is 6.61 Å². The van der Waals surface area contributed by atoms with Gasteiger partial charge in [-0.3, -0.25) is 0 Å². The van der Waals surface area contributed by atoms with Gasteiger partial charge in [0, 0.05) is 0 Å². The Bertz CT molecular complexity index is 706. The van der Waals surface area contributed by atoms with Crippen molar-refractivity contribution in [2.24, 2.45) is 0 Å². The fraction of sp³-hybridized carbons (Fsp3) is 0.929. The van der Waals surface area contributed by atoms with E-state index in [2.05, 4.69) is 9.26 Å². The number of esters is 1. The van der Waals surface area contributed by atoms with Crippen molar-refractivity contribution in [2.45, 2.75) is 68.1 Å². The van der Waals surface area contributed by atoms with Gasteiger partial charge in [0.05, 0.1) is 0 Å². The van der Waals surface area contributed by atoms with Crippen molar-refractivity contribution in [3.8, 4) is 0 Å². The van der Waals surface area contributed by atoms with Crippen LogP contribution >= 0.6 is 6.79 Å². The number of carbonyl (C=O) groups excluding carboxylic acids is 1. The molecule has 0 radical (unpaired) electrons.